The van der Waals surface area contributed by atoms with Gasteiger partial charge in [0.1, 0.15) is 29.0 Å². The van der Waals surface area contributed by atoms with Crippen LogP contribution < -0.4 is 9.64 Å². The number of aromatic nitrogens is 2. The second kappa shape index (κ2) is 12.3. The second-order valence-corrected chi connectivity index (χ2v) is 10.1. The first-order valence-electron chi connectivity index (χ1n) is 13.4. The van der Waals surface area contributed by atoms with Gasteiger partial charge in [0.05, 0.1) is 10.6 Å². The number of aromatic hydroxyl groups is 1. The zero-order valence-electron chi connectivity index (χ0n) is 23.1. The summed E-state index contributed by atoms with van der Waals surface area (Å²) in [5.74, 6) is -1.91. The van der Waals surface area contributed by atoms with Crippen LogP contribution in [0.1, 0.15) is 27.7 Å². The first kappa shape index (κ1) is 29.5. The van der Waals surface area contributed by atoms with Crippen LogP contribution in [-0.2, 0) is 4.79 Å². The summed E-state index contributed by atoms with van der Waals surface area (Å²) in [6, 6.07) is 5.55. The van der Waals surface area contributed by atoms with Gasteiger partial charge in [-0.15, -0.1) is 0 Å². The van der Waals surface area contributed by atoms with E-state index in [1.54, 1.807) is 4.90 Å². The highest BCUT2D eigenvalue weighted by Crippen LogP contribution is 2.42. The van der Waals surface area contributed by atoms with E-state index in [1.165, 1.54) is 24.3 Å². The SMILES string of the molecule is C=CC(=O)N1CCN(c2nc(OC3CN(C(C)C)C3)nc3c(F)c(-c4c(O)cccc4F)c(Cl)cc23)CC1.CC. The first-order valence-corrected chi connectivity index (χ1v) is 13.8. The van der Waals surface area contributed by atoms with Crippen LogP contribution >= 0.6 is 11.6 Å². The highest BCUT2D eigenvalue weighted by molar-refractivity contribution is 6.34. The largest absolute Gasteiger partial charge is 0.507 e. The van der Waals surface area contributed by atoms with Gasteiger partial charge in [-0.2, -0.15) is 9.97 Å². The van der Waals surface area contributed by atoms with E-state index in [4.69, 9.17) is 16.3 Å². The Hall–Kier alpha value is -3.50. The average molecular weight is 574 g/mol. The molecule has 2 fully saturated rings. The molecule has 2 aliphatic rings. The van der Waals surface area contributed by atoms with Crippen molar-refractivity contribution in [1.82, 2.24) is 19.8 Å². The first-order chi connectivity index (χ1) is 19.2. The van der Waals surface area contributed by atoms with E-state index in [0.29, 0.717) is 56.5 Å². The molecule has 11 heteroatoms. The maximum Gasteiger partial charge on any atom is 0.319 e. The standard InChI is InChI=1S/C27H28ClF2N5O3.C2H6/c1-4-21(37)33-8-10-34(11-9-33)26-17-12-18(28)22(23-19(29)6-5-7-20(23)36)24(30)25(17)31-27(32-26)38-16-13-35(14-16)15(2)3;1-2/h4-7,12,15-16,36H,1,8-11,13-14H2,2-3H3;1-2H3. The lowest BCUT2D eigenvalue weighted by atomic mass is 10.0. The smallest absolute Gasteiger partial charge is 0.319 e. The third kappa shape index (κ3) is 5.69. The topological polar surface area (TPSA) is 82.0 Å². The van der Waals surface area contributed by atoms with Crippen LogP contribution in [-0.4, -0.2) is 82.2 Å². The number of anilines is 1. The Balaban J connectivity index is 0.00000181. The molecule has 0 atom stereocenters. The summed E-state index contributed by atoms with van der Waals surface area (Å²) >= 11 is 6.49. The summed E-state index contributed by atoms with van der Waals surface area (Å²) < 4.78 is 36.9. The van der Waals surface area contributed by atoms with E-state index in [-0.39, 0.29) is 39.7 Å². The molecule has 5 rings (SSSR count). The maximum absolute atomic E-state index is 16.1. The summed E-state index contributed by atoms with van der Waals surface area (Å²) in [5, 5.41) is 10.5. The van der Waals surface area contributed by atoms with Gasteiger partial charge >= 0.3 is 6.01 Å². The minimum atomic E-state index is -0.890. The molecule has 1 N–H and O–H groups in total. The van der Waals surface area contributed by atoms with Crippen molar-refractivity contribution in [3.63, 3.8) is 0 Å². The molecule has 8 nitrogen and oxygen atoms in total. The van der Waals surface area contributed by atoms with Crippen molar-refractivity contribution in [1.29, 1.82) is 0 Å². The van der Waals surface area contributed by atoms with Gasteiger partial charge < -0.3 is 19.6 Å². The van der Waals surface area contributed by atoms with Gasteiger partial charge in [-0.25, -0.2) is 8.78 Å². The third-order valence-corrected chi connectivity index (χ3v) is 7.33. The normalized spacial score (nSPS) is 16.0. The molecular weight excluding hydrogens is 540 g/mol. The maximum atomic E-state index is 16.1. The molecule has 0 aliphatic carbocycles. The minimum absolute atomic E-state index is 0.00423. The van der Waals surface area contributed by atoms with E-state index in [9.17, 15) is 14.3 Å². The number of carbonyl (C=O) groups is 1. The number of piperazine rings is 1. The number of nitrogens with zero attached hydrogens (tertiary/aromatic N) is 5. The van der Waals surface area contributed by atoms with Crippen molar-refractivity contribution in [2.75, 3.05) is 44.2 Å². The molecule has 0 radical (unpaired) electrons. The van der Waals surface area contributed by atoms with Gasteiger partial charge in [0.2, 0.25) is 5.91 Å². The molecule has 0 saturated carbocycles. The van der Waals surface area contributed by atoms with Crippen molar-refractivity contribution >= 4 is 34.2 Å². The van der Waals surface area contributed by atoms with Gasteiger partial charge in [0, 0.05) is 56.3 Å². The number of amides is 1. The van der Waals surface area contributed by atoms with Crippen LogP contribution in [0.25, 0.3) is 22.0 Å². The fraction of sp³-hybridized carbons (Fsp3) is 0.414. The number of rotatable bonds is 6. The number of hydrogen-bond donors (Lipinski definition) is 1. The third-order valence-electron chi connectivity index (χ3n) is 7.03. The second-order valence-electron chi connectivity index (χ2n) is 9.71. The highest BCUT2D eigenvalue weighted by Gasteiger charge is 2.32. The molecule has 0 unspecified atom stereocenters. The Kier molecular flexibility index (Phi) is 9.10. The number of benzene rings is 2. The fourth-order valence-electron chi connectivity index (χ4n) is 4.83. The molecule has 40 heavy (non-hydrogen) atoms. The van der Waals surface area contributed by atoms with E-state index in [2.05, 4.69) is 35.3 Å². The molecular formula is C29H34ClF2N5O3. The number of phenolic OH excluding ortho intramolecular Hbond substituents is 1. The van der Waals surface area contributed by atoms with Crippen molar-refractivity contribution in [3.8, 4) is 22.9 Å². The van der Waals surface area contributed by atoms with Crippen molar-refractivity contribution in [3.05, 3.63) is 53.6 Å². The van der Waals surface area contributed by atoms with Crippen LogP contribution in [0.2, 0.25) is 5.02 Å². The van der Waals surface area contributed by atoms with Gasteiger partial charge in [-0.05, 0) is 38.1 Å². The summed E-state index contributed by atoms with van der Waals surface area (Å²) in [7, 11) is 0. The Morgan fingerprint density at radius 2 is 1.82 bits per heavy atom. The minimum Gasteiger partial charge on any atom is -0.507 e. The zero-order chi connectivity index (χ0) is 29.1. The quantitative estimate of drug-likeness (QED) is 0.403. The number of fused-ring (bicyclic) bond motifs is 1. The molecule has 2 aliphatic heterocycles. The molecule has 0 bridgehead atoms. The van der Waals surface area contributed by atoms with Gasteiger partial charge in [0.25, 0.3) is 0 Å². The summed E-state index contributed by atoms with van der Waals surface area (Å²) in [6.07, 6.45) is 1.12. The van der Waals surface area contributed by atoms with Gasteiger partial charge in [0.15, 0.2) is 5.82 Å². The zero-order valence-corrected chi connectivity index (χ0v) is 23.9. The van der Waals surface area contributed by atoms with Crippen LogP contribution in [0, 0.1) is 11.6 Å². The number of likely N-dealkylation sites (tertiary alicyclic amines) is 1. The summed E-state index contributed by atoms with van der Waals surface area (Å²) in [4.78, 5) is 26.9. The highest BCUT2D eigenvalue weighted by atomic mass is 35.5. The monoisotopic (exact) mass is 573 g/mol. The number of ether oxygens (including phenoxy) is 1. The summed E-state index contributed by atoms with van der Waals surface area (Å²) in [6.45, 7) is 14.8. The molecule has 1 amide bonds. The van der Waals surface area contributed by atoms with Gasteiger partial charge in [-0.1, -0.05) is 38.1 Å². The number of hydrogen-bond acceptors (Lipinski definition) is 7. The van der Waals surface area contributed by atoms with Crippen LogP contribution in [0.15, 0.2) is 36.9 Å². The Labute approximate surface area is 237 Å². The number of halogens is 3. The van der Waals surface area contributed by atoms with Crippen molar-refractivity contribution in [2.45, 2.75) is 39.8 Å². The summed E-state index contributed by atoms with van der Waals surface area (Å²) in [5.41, 5.74) is -0.735. The molecule has 3 heterocycles. The lowest BCUT2D eigenvalue weighted by Crippen LogP contribution is -2.56. The molecule has 0 spiro atoms. The Morgan fingerprint density at radius 1 is 1.15 bits per heavy atom. The number of carbonyl (C=O) groups excluding carboxylic acids is 1. The molecule has 2 aromatic carbocycles. The van der Waals surface area contributed by atoms with Crippen LogP contribution in [0.5, 0.6) is 11.8 Å². The van der Waals surface area contributed by atoms with Crippen molar-refractivity contribution < 1.29 is 23.4 Å². The van der Waals surface area contributed by atoms with E-state index < -0.39 is 17.4 Å². The lowest BCUT2D eigenvalue weighted by molar-refractivity contribution is -0.126. The Bertz CT molecular complexity index is 1390. The average Bonchev–Trinajstić information content (AvgIpc) is 2.92. The van der Waals surface area contributed by atoms with Crippen LogP contribution in [0.3, 0.4) is 0 Å². The van der Waals surface area contributed by atoms with E-state index in [1.807, 2.05) is 18.7 Å². The molecule has 2 saturated heterocycles. The van der Waals surface area contributed by atoms with E-state index >= 15 is 4.39 Å². The molecule has 214 valence electrons. The Morgan fingerprint density at radius 3 is 2.42 bits per heavy atom. The predicted octanol–water partition coefficient (Wildman–Crippen LogP) is 5.27. The fourth-order valence-corrected chi connectivity index (χ4v) is 5.11. The lowest BCUT2D eigenvalue weighted by Gasteiger charge is -2.41. The van der Waals surface area contributed by atoms with E-state index in [0.717, 1.165) is 6.07 Å². The molecule has 3 aromatic rings. The molecule has 1 aromatic heterocycles. The van der Waals surface area contributed by atoms with Crippen molar-refractivity contribution in [2.24, 2.45) is 0 Å². The number of phenols is 1. The van der Waals surface area contributed by atoms with Crippen LogP contribution in [0.4, 0.5) is 14.6 Å². The predicted molar refractivity (Wildman–Crippen MR) is 153 cm³/mol. The van der Waals surface area contributed by atoms with Gasteiger partial charge in [-0.3, -0.25) is 9.69 Å².